The first kappa shape index (κ1) is 17.5. The van der Waals surface area contributed by atoms with Gasteiger partial charge in [0.25, 0.3) is 0 Å². The minimum Gasteiger partial charge on any atom is -0.318 e. The van der Waals surface area contributed by atoms with Crippen LogP contribution < -0.4 is 5.43 Å². The molecule has 4 nitrogen and oxygen atoms in total. The Labute approximate surface area is 145 Å². The van der Waals surface area contributed by atoms with Crippen molar-refractivity contribution < 1.29 is 4.79 Å². The largest absolute Gasteiger partial charge is 0.318 e. The maximum absolute atomic E-state index is 11.6. The molecule has 0 aliphatic heterocycles. The van der Waals surface area contributed by atoms with Gasteiger partial charge in [-0.3, -0.25) is 4.79 Å². The highest BCUT2D eigenvalue weighted by Crippen LogP contribution is 2.21. The smallest absolute Gasteiger partial charge is 0.240 e. The zero-order chi connectivity index (χ0) is 17.0. The summed E-state index contributed by atoms with van der Waals surface area (Å²) in [5.41, 5.74) is 6.89. The minimum atomic E-state index is -0.0574. The Balaban J connectivity index is 2.17. The number of amides is 1. The average Bonchev–Trinajstić information content (AvgIpc) is 2.74. The fourth-order valence-corrected chi connectivity index (χ4v) is 2.76. The van der Waals surface area contributed by atoms with Gasteiger partial charge in [0.1, 0.15) is 0 Å². The van der Waals surface area contributed by atoms with Crippen LogP contribution in [0.15, 0.2) is 39.9 Å². The topological polar surface area (TPSA) is 46.4 Å². The van der Waals surface area contributed by atoms with Crippen molar-refractivity contribution in [2.75, 3.05) is 0 Å². The van der Waals surface area contributed by atoms with Crippen molar-refractivity contribution in [1.82, 2.24) is 9.99 Å². The lowest BCUT2D eigenvalue weighted by atomic mass is 10.1. The zero-order valence-corrected chi connectivity index (χ0v) is 15.5. The van der Waals surface area contributed by atoms with Crippen LogP contribution in [0.2, 0.25) is 0 Å². The van der Waals surface area contributed by atoms with Gasteiger partial charge in [0.2, 0.25) is 5.91 Å². The number of carbonyl (C=O) groups excluding carboxylic acids is 1. The van der Waals surface area contributed by atoms with Crippen LogP contribution in [0.1, 0.15) is 37.2 Å². The Bertz CT molecular complexity index is 715. The average molecular weight is 376 g/mol. The van der Waals surface area contributed by atoms with Crippen molar-refractivity contribution in [2.45, 2.75) is 34.1 Å². The number of aryl methyl sites for hydroxylation is 1. The lowest BCUT2D eigenvalue weighted by Crippen LogP contribution is -2.19. The first-order chi connectivity index (χ1) is 10.9. The molecule has 2 aromatic rings. The SMILES string of the molecule is Cc1cc(C=NNC(=O)CC(C)C)c(C)n1-c1ccc(Br)cc1. The molecule has 23 heavy (non-hydrogen) atoms. The fraction of sp³-hybridized carbons (Fsp3) is 0.333. The number of nitrogens with zero attached hydrogens (tertiary/aromatic N) is 2. The van der Waals surface area contributed by atoms with Gasteiger partial charge in [-0.2, -0.15) is 5.10 Å². The summed E-state index contributed by atoms with van der Waals surface area (Å²) in [7, 11) is 0. The molecule has 1 heterocycles. The van der Waals surface area contributed by atoms with E-state index in [1.165, 1.54) is 0 Å². The fourth-order valence-electron chi connectivity index (χ4n) is 2.50. The standard InChI is InChI=1S/C18H22BrN3O/c1-12(2)9-18(23)21-20-11-15-10-13(3)22(14(15)4)17-7-5-16(19)6-8-17/h5-8,10-12H,9H2,1-4H3,(H,21,23). The van der Waals surface area contributed by atoms with E-state index in [-0.39, 0.29) is 5.91 Å². The van der Waals surface area contributed by atoms with Gasteiger partial charge in [0, 0.05) is 33.5 Å². The van der Waals surface area contributed by atoms with E-state index in [1.807, 2.05) is 32.9 Å². The number of nitrogens with one attached hydrogen (secondary N) is 1. The molecule has 0 aliphatic rings. The molecule has 122 valence electrons. The number of hydrogen-bond acceptors (Lipinski definition) is 2. The molecule has 1 aromatic heterocycles. The number of halogens is 1. The Hall–Kier alpha value is -1.88. The Kier molecular flexibility index (Phi) is 5.77. The third-order valence-corrected chi connectivity index (χ3v) is 4.07. The number of hydrazone groups is 1. The molecule has 5 heteroatoms. The van der Waals surface area contributed by atoms with E-state index < -0.39 is 0 Å². The second kappa shape index (κ2) is 7.59. The summed E-state index contributed by atoms with van der Waals surface area (Å²) < 4.78 is 3.22. The lowest BCUT2D eigenvalue weighted by molar-refractivity contribution is -0.121. The lowest BCUT2D eigenvalue weighted by Gasteiger charge is -2.09. The van der Waals surface area contributed by atoms with Gasteiger partial charge in [-0.05, 0) is 50.1 Å². The molecule has 1 amide bonds. The highest BCUT2D eigenvalue weighted by Gasteiger charge is 2.09. The maximum Gasteiger partial charge on any atom is 0.240 e. The second-order valence-corrected chi connectivity index (χ2v) is 6.95. The molecule has 0 bridgehead atoms. The molecule has 0 unspecified atom stereocenters. The summed E-state index contributed by atoms with van der Waals surface area (Å²) in [5.74, 6) is 0.269. The van der Waals surface area contributed by atoms with Gasteiger partial charge in [0.05, 0.1) is 6.21 Å². The first-order valence-corrected chi connectivity index (χ1v) is 8.44. The van der Waals surface area contributed by atoms with E-state index >= 15 is 0 Å². The van der Waals surface area contributed by atoms with Crippen LogP contribution in [0.5, 0.6) is 0 Å². The van der Waals surface area contributed by atoms with Crippen molar-refractivity contribution in [3.8, 4) is 5.69 Å². The van der Waals surface area contributed by atoms with Crippen LogP contribution >= 0.6 is 15.9 Å². The molecule has 0 radical (unpaired) electrons. The number of benzene rings is 1. The summed E-state index contributed by atoms with van der Waals surface area (Å²) >= 11 is 3.45. The predicted molar refractivity (Wildman–Crippen MR) is 98.1 cm³/mol. The molecule has 2 rings (SSSR count). The summed E-state index contributed by atoms with van der Waals surface area (Å²) in [6.45, 7) is 8.13. The molecule has 0 saturated carbocycles. The molecule has 0 spiro atoms. The number of carbonyl (C=O) groups is 1. The van der Waals surface area contributed by atoms with Crippen LogP contribution in [0.3, 0.4) is 0 Å². The van der Waals surface area contributed by atoms with Crippen LogP contribution in [-0.4, -0.2) is 16.7 Å². The molecule has 0 saturated heterocycles. The summed E-state index contributed by atoms with van der Waals surface area (Å²) in [6, 6.07) is 10.2. The molecule has 0 aliphatic carbocycles. The van der Waals surface area contributed by atoms with Crippen molar-refractivity contribution in [3.63, 3.8) is 0 Å². The maximum atomic E-state index is 11.6. The quantitative estimate of drug-likeness (QED) is 0.612. The van der Waals surface area contributed by atoms with Gasteiger partial charge in [-0.25, -0.2) is 5.43 Å². The van der Waals surface area contributed by atoms with Gasteiger partial charge >= 0.3 is 0 Å². The molecule has 1 aromatic carbocycles. The van der Waals surface area contributed by atoms with E-state index in [1.54, 1.807) is 6.21 Å². The first-order valence-electron chi connectivity index (χ1n) is 7.65. The third kappa shape index (κ3) is 4.55. The third-order valence-electron chi connectivity index (χ3n) is 3.54. The minimum absolute atomic E-state index is 0.0574. The Morgan fingerprint density at radius 3 is 2.57 bits per heavy atom. The molecule has 1 N–H and O–H groups in total. The highest BCUT2D eigenvalue weighted by molar-refractivity contribution is 9.10. The molecule has 0 atom stereocenters. The number of hydrogen-bond donors (Lipinski definition) is 1. The molecule has 0 fully saturated rings. The predicted octanol–water partition coefficient (Wildman–Crippen LogP) is 4.35. The molecular weight excluding hydrogens is 354 g/mol. The van der Waals surface area contributed by atoms with Crippen LogP contribution in [0.25, 0.3) is 5.69 Å². The van der Waals surface area contributed by atoms with Gasteiger partial charge in [-0.15, -0.1) is 0 Å². The zero-order valence-electron chi connectivity index (χ0n) is 13.9. The Morgan fingerprint density at radius 2 is 1.96 bits per heavy atom. The second-order valence-electron chi connectivity index (χ2n) is 6.03. The van der Waals surface area contributed by atoms with Crippen molar-refractivity contribution in [3.05, 3.63) is 51.8 Å². The van der Waals surface area contributed by atoms with Gasteiger partial charge < -0.3 is 4.57 Å². The van der Waals surface area contributed by atoms with Crippen molar-refractivity contribution >= 4 is 28.1 Å². The van der Waals surface area contributed by atoms with E-state index in [9.17, 15) is 4.79 Å². The van der Waals surface area contributed by atoms with E-state index in [4.69, 9.17) is 0 Å². The summed E-state index contributed by atoms with van der Waals surface area (Å²) in [4.78, 5) is 11.6. The normalized spacial score (nSPS) is 11.4. The Morgan fingerprint density at radius 1 is 1.30 bits per heavy atom. The van der Waals surface area contributed by atoms with Gasteiger partial charge in [-0.1, -0.05) is 29.8 Å². The number of aromatic nitrogens is 1. The van der Waals surface area contributed by atoms with E-state index in [0.717, 1.165) is 27.1 Å². The van der Waals surface area contributed by atoms with Crippen molar-refractivity contribution in [2.24, 2.45) is 11.0 Å². The summed E-state index contributed by atoms with van der Waals surface area (Å²) in [6.07, 6.45) is 2.19. The van der Waals surface area contributed by atoms with Crippen LogP contribution in [0, 0.1) is 19.8 Å². The number of rotatable bonds is 5. The molecular formula is C18H22BrN3O. The van der Waals surface area contributed by atoms with Crippen LogP contribution in [0.4, 0.5) is 0 Å². The van der Waals surface area contributed by atoms with E-state index in [2.05, 4.69) is 56.1 Å². The van der Waals surface area contributed by atoms with Gasteiger partial charge in [0.15, 0.2) is 0 Å². The monoisotopic (exact) mass is 375 g/mol. The van der Waals surface area contributed by atoms with Crippen LogP contribution in [-0.2, 0) is 4.79 Å². The summed E-state index contributed by atoms with van der Waals surface area (Å²) in [5, 5.41) is 4.07. The van der Waals surface area contributed by atoms with E-state index in [0.29, 0.717) is 12.3 Å². The van der Waals surface area contributed by atoms with Crippen molar-refractivity contribution in [1.29, 1.82) is 0 Å². The highest BCUT2D eigenvalue weighted by atomic mass is 79.9.